The van der Waals surface area contributed by atoms with Gasteiger partial charge in [-0.25, -0.2) is 4.79 Å². The first-order chi connectivity index (χ1) is 10.3. The number of aromatic amines is 1. The smallest absolute Gasteiger partial charge is 0.319 e. The lowest BCUT2D eigenvalue weighted by molar-refractivity contribution is 0.0428. The lowest BCUT2D eigenvalue weighted by atomic mass is 10.2. The van der Waals surface area contributed by atoms with Crippen molar-refractivity contribution >= 4 is 22.6 Å². The standard InChI is InChI=1S/C14H18N4O3/c1-2-21-13-8-20-7-12(13)17-14(19)16-10-4-3-5-11-9(10)6-15-18-11/h3-6,12-13H,2,7-8H2,1H3,(H,15,18)(H2,16,17,19)/t12-,13-/m0/s1. The molecule has 0 radical (unpaired) electrons. The van der Waals surface area contributed by atoms with Crippen molar-refractivity contribution < 1.29 is 14.3 Å². The van der Waals surface area contributed by atoms with E-state index in [2.05, 4.69) is 20.8 Å². The highest BCUT2D eigenvalue weighted by Gasteiger charge is 2.30. The van der Waals surface area contributed by atoms with E-state index < -0.39 is 0 Å². The highest BCUT2D eigenvalue weighted by Crippen LogP contribution is 2.21. The number of urea groups is 1. The van der Waals surface area contributed by atoms with Crippen LogP contribution in [0.5, 0.6) is 0 Å². The van der Waals surface area contributed by atoms with Crippen LogP contribution in [0.2, 0.25) is 0 Å². The van der Waals surface area contributed by atoms with Crippen molar-refractivity contribution in [3.05, 3.63) is 24.4 Å². The topological polar surface area (TPSA) is 88.3 Å². The number of hydrogen-bond donors (Lipinski definition) is 3. The van der Waals surface area contributed by atoms with Gasteiger partial charge in [-0.05, 0) is 19.1 Å². The zero-order valence-corrected chi connectivity index (χ0v) is 11.8. The van der Waals surface area contributed by atoms with Gasteiger partial charge >= 0.3 is 6.03 Å². The molecule has 21 heavy (non-hydrogen) atoms. The maximum absolute atomic E-state index is 12.1. The molecule has 112 valence electrons. The molecule has 2 atom stereocenters. The molecule has 1 aromatic heterocycles. The quantitative estimate of drug-likeness (QED) is 0.796. The lowest BCUT2D eigenvalue weighted by Crippen LogP contribution is -2.45. The van der Waals surface area contributed by atoms with Gasteiger partial charge in [0, 0.05) is 12.0 Å². The van der Waals surface area contributed by atoms with E-state index in [9.17, 15) is 4.79 Å². The van der Waals surface area contributed by atoms with Crippen molar-refractivity contribution in [2.75, 3.05) is 25.1 Å². The molecule has 0 spiro atoms. The lowest BCUT2D eigenvalue weighted by Gasteiger charge is -2.19. The molecule has 1 aliphatic heterocycles. The number of aromatic nitrogens is 2. The number of carbonyl (C=O) groups is 1. The Labute approximate surface area is 122 Å². The molecule has 2 heterocycles. The SMILES string of the molecule is CCO[C@H]1COC[C@@H]1NC(=O)Nc1cccc2[nH]ncc12. The summed E-state index contributed by atoms with van der Waals surface area (Å²) in [5.74, 6) is 0. The number of nitrogens with zero attached hydrogens (tertiary/aromatic N) is 1. The van der Waals surface area contributed by atoms with Gasteiger partial charge in [0.25, 0.3) is 0 Å². The number of benzene rings is 1. The van der Waals surface area contributed by atoms with Gasteiger partial charge in [-0.15, -0.1) is 0 Å². The van der Waals surface area contributed by atoms with Crippen molar-refractivity contribution in [2.24, 2.45) is 0 Å². The summed E-state index contributed by atoms with van der Waals surface area (Å²) in [5.41, 5.74) is 1.59. The van der Waals surface area contributed by atoms with Crippen LogP contribution in [0.25, 0.3) is 10.9 Å². The third-order valence-corrected chi connectivity index (χ3v) is 3.46. The Morgan fingerprint density at radius 3 is 3.29 bits per heavy atom. The first-order valence-corrected chi connectivity index (χ1v) is 6.97. The Bertz CT molecular complexity index is 627. The summed E-state index contributed by atoms with van der Waals surface area (Å²) in [6, 6.07) is 5.19. The van der Waals surface area contributed by atoms with Crippen LogP contribution in [0.15, 0.2) is 24.4 Å². The predicted octanol–water partition coefficient (Wildman–Crippen LogP) is 1.49. The van der Waals surface area contributed by atoms with Crippen molar-refractivity contribution in [1.29, 1.82) is 0 Å². The fraction of sp³-hybridized carbons (Fsp3) is 0.429. The average molecular weight is 290 g/mol. The van der Waals surface area contributed by atoms with Crippen LogP contribution < -0.4 is 10.6 Å². The van der Waals surface area contributed by atoms with E-state index >= 15 is 0 Å². The number of H-pyrrole nitrogens is 1. The van der Waals surface area contributed by atoms with E-state index in [1.807, 2.05) is 25.1 Å². The summed E-state index contributed by atoms with van der Waals surface area (Å²) in [7, 11) is 0. The summed E-state index contributed by atoms with van der Waals surface area (Å²) in [6.07, 6.45) is 1.59. The Kier molecular flexibility index (Phi) is 4.03. The molecule has 1 fully saturated rings. The average Bonchev–Trinajstić information content (AvgIpc) is 3.09. The van der Waals surface area contributed by atoms with Crippen LogP contribution in [0.4, 0.5) is 10.5 Å². The zero-order chi connectivity index (χ0) is 14.7. The minimum absolute atomic E-state index is 0.0922. The summed E-state index contributed by atoms with van der Waals surface area (Å²) >= 11 is 0. The minimum atomic E-state index is -0.274. The second-order valence-corrected chi connectivity index (χ2v) is 4.87. The molecule has 2 aromatic rings. The van der Waals surface area contributed by atoms with Crippen LogP contribution in [0.1, 0.15) is 6.92 Å². The van der Waals surface area contributed by atoms with E-state index in [0.29, 0.717) is 25.5 Å². The molecule has 3 rings (SSSR count). The van der Waals surface area contributed by atoms with Crippen LogP contribution >= 0.6 is 0 Å². The third-order valence-electron chi connectivity index (χ3n) is 3.46. The molecular weight excluding hydrogens is 272 g/mol. The summed E-state index contributed by atoms with van der Waals surface area (Å²) in [4.78, 5) is 12.1. The van der Waals surface area contributed by atoms with Gasteiger partial charge in [0.05, 0.1) is 36.7 Å². The summed E-state index contributed by atoms with van der Waals surface area (Å²) < 4.78 is 10.9. The van der Waals surface area contributed by atoms with Gasteiger partial charge in [0.2, 0.25) is 0 Å². The van der Waals surface area contributed by atoms with Gasteiger partial charge in [-0.1, -0.05) is 6.07 Å². The molecule has 1 aromatic carbocycles. The van der Waals surface area contributed by atoms with Gasteiger partial charge in [-0.3, -0.25) is 5.10 Å². The molecular formula is C14H18N4O3. The number of carbonyl (C=O) groups excluding carboxylic acids is 1. The molecule has 3 N–H and O–H groups in total. The van der Waals surface area contributed by atoms with E-state index in [1.165, 1.54) is 0 Å². The van der Waals surface area contributed by atoms with Crippen molar-refractivity contribution in [1.82, 2.24) is 15.5 Å². The number of anilines is 1. The van der Waals surface area contributed by atoms with Crippen LogP contribution in [0, 0.1) is 0 Å². The molecule has 0 aliphatic carbocycles. The molecule has 0 saturated carbocycles. The number of rotatable bonds is 4. The van der Waals surface area contributed by atoms with Gasteiger partial charge in [0.1, 0.15) is 6.10 Å². The normalized spacial score (nSPS) is 21.6. The molecule has 1 aliphatic rings. The Morgan fingerprint density at radius 1 is 1.52 bits per heavy atom. The fourth-order valence-electron chi connectivity index (χ4n) is 2.45. The van der Waals surface area contributed by atoms with E-state index in [4.69, 9.17) is 9.47 Å². The number of amides is 2. The molecule has 7 heteroatoms. The van der Waals surface area contributed by atoms with E-state index in [1.54, 1.807) is 6.20 Å². The van der Waals surface area contributed by atoms with Crippen LogP contribution in [0.3, 0.4) is 0 Å². The summed E-state index contributed by atoms with van der Waals surface area (Å²) in [5, 5.41) is 13.4. The maximum Gasteiger partial charge on any atom is 0.319 e. The maximum atomic E-state index is 12.1. The fourth-order valence-corrected chi connectivity index (χ4v) is 2.45. The highest BCUT2D eigenvalue weighted by molar-refractivity contribution is 6.00. The Morgan fingerprint density at radius 2 is 2.43 bits per heavy atom. The van der Waals surface area contributed by atoms with Crippen molar-refractivity contribution in [3.8, 4) is 0 Å². The van der Waals surface area contributed by atoms with Gasteiger partial charge < -0.3 is 20.1 Å². The van der Waals surface area contributed by atoms with Gasteiger partial charge in [-0.2, -0.15) is 5.10 Å². The molecule has 2 amide bonds. The molecule has 1 saturated heterocycles. The minimum Gasteiger partial charge on any atom is -0.376 e. The zero-order valence-electron chi connectivity index (χ0n) is 11.8. The number of fused-ring (bicyclic) bond motifs is 1. The van der Waals surface area contributed by atoms with Crippen molar-refractivity contribution in [3.63, 3.8) is 0 Å². The molecule has 0 bridgehead atoms. The van der Waals surface area contributed by atoms with Crippen LogP contribution in [-0.4, -0.2) is 48.2 Å². The Hall–Kier alpha value is -2.12. The predicted molar refractivity (Wildman–Crippen MR) is 78.3 cm³/mol. The number of hydrogen-bond acceptors (Lipinski definition) is 4. The molecule has 7 nitrogen and oxygen atoms in total. The van der Waals surface area contributed by atoms with Crippen LogP contribution in [-0.2, 0) is 9.47 Å². The second-order valence-electron chi connectivity index (χ2n) is 4.87. The van der Waals surface area contributed by atoms with E-state index in [0.717, 1.165) is 10.9 Å². The number of nitrogens with one attached hydrogen (secondary N) is 3. The van der Waals surface area contributed by atoms with E-state index in [-0.39, 0.29) is 18.2 Å². The largest absolute Gasteiger partial charge is 0.376 e. The monoisotopic (exact) mass is 290 g/mol. The second kappa shape index (κ2) is 6.11. The third kappa shape index (κ3) is 2.98. The Balaban J connectivity index is 1.65. The number of ether oxygens (including phenoxy) is 2. The van der Waals surface area contributed by atoms with Crippen molar-refractivity contribution in [2.45, 2.75) is 19.1 Å². The highest BCUT2D eigenvalue weighted by atomic mass is 16.5. The summed E-state index contributed by atoms with van der Waals surface area (Å²) in [6.45, 7) is 3.50. The molecule has 0 unspecified atom stereocenters. The first-order valence-electron chi connectivity index (χ1n) is 6.97. The first kappa shape index (κ1) is 13.8. The van der Waals surface area contributed by atoms with Gasteiger partial charge in [0.15, 0.2) is 0 Å².